The minimum absolute atomic E-state index is 0.0202. The molecule has 18 heavy (non-hydrogen) atoms. The second-order valence-corrected chi connectivity index (χ2v) is 5.71. The molecule has 2 heterocycles. The van der Waals surface area contributed by atoms with Crippen LogP contribution in [0.2, 0.25) is 0 Å². The summed E-state index contributed by atoms with van der Waals surface area (Å²) in [4.78, 5) is 14.1. The number of rotatable bonds is 2. The number of hydrogen-bond donors (Lipinski definition) is 0. The van der Waals surface area contributed by atoms with Crippen LogP contribution >= 0.6 is 0 Å². The topological polar surface area (TPSA) is 55.3 Å². The van der Waals surface area contributed by atoms with Crippen molar-refractivity contribution in [3.8, 4) is 5.88 Å². The second kappa shape index (κ2) is 3.67. The largest absolute Gasteiger partial charge is 0.480 e. The van der Waals surface area contributed by atoms with E-state index in [0.717, 1.165) is 13.1 Å². The molecule has 1 amide bonds. The molecule has 1 aliphatic carbocycles. The number of methoxy groups -OCH3 is 1. The number of aromatic nitrogens is 2. The molecule has 96 valence electrons. The van der Waals surface area contributed by atoms with Crippen LogP contribution in [0.5, 0.6) is 5.88 Å². The van der Waals surface area contributed by atoms with Gasteiger partial charge in [0.15, 0.2) is 5.69 Å². The summed E-state index contributed by atoms with van der Waals surface area (Å²) in [5.41, 5.74) is 0.817. The molecule has 1 saturated heterocycles. The molecule has 0 radical (unpaired) electrons. The highest BCUT2D eigenvalue weighted by Crippen LogP contribution is 2.61. The average Bonchev–Trinajstić information content (AvgIpc) is 2.78. The number of piperidine rings is 1. The average molecular weight is 247 g/mol. The van der Waals surface area contributed by atoms with Gasteiger partial charge < -0.3 is 9.64 Å². The number of carbonyl (C=O) groups is 1. The molecule has 5 heteroatoms. The van der Waals surface area contributed by atoms with Gasteiger partial charge >= 0.3 is 0 Å². The fourth-order valence-corrected chi connectivity index (χ4v) is 3.00. The Kier molecular flexibility index (Phi) is 2.33. The number of nitrogens with zero attached hydrogens (tertiary/aromatic N) is 3. The zero-order chi connectivity index (χ0) is 12.9. The molecule has 1 saturated carbocycles. The Morgan fingerprint density at radius 3 is 2.50 bits per heavy atom. The summed E-state index contributed by atoms with van der Waals surface area (Å²) >= 11 is 0. The lowest BCUT2D eigenvalue weighted by Gasteiger charge is -2.21. The van der Waals surface area contributed by atoms with Crippen molar-refractivity contribution in [2.45, 2.75) is 13.8 Å². The minimum atomic E-state index is -0.0202. The lowest BCUT2D eigenvalue weighted by Crippen LogP contribution is -2.33. The maximum absolute atomic E-state index is 12.2. The van der Waals surface area contributed by atoms with Crippen LogP contribution in [0.25, 0.3) is 0 Å². The highest BCUT2D eigenvalue weighted by atomic mass is 16.5. The van der Waals surface area contributed by atoms with E-state index in [4.69, 9.17) is 4.74 Å². The molecule has 0 aromatic carbocycles. The third-order valence-corrected chi connectivity index (χ3v) is 4.48. The second-order valence-electron chi connectivity index (χ2n) is 5.71. The summed E-state index contributed by atoms with van der Waals surface area (Å²) in [5, 5.41) is 7.73. The Labute approximate surface area is 106 Å². The molecule has 2 aliphatic rings. The molecule has 2 fully saturated rings. The van der Waals surface area contributed by atoms with E-state index in [1.807, 2.05) is 4.90 Å². The van der Waals surface area contributed by atoms with Gasteiger partial charge in [-0.15, -0.1) is 10.2 Å². The van der Waals surface area contributed by atoms with Gasteiger partial charge in [0.25, 0.3) is 5.91 Å². The molecule has 2 atom stereocenters. The van der Waals surface area contributed by atoms with E-state index < -0.39 is 0 Å². The van der Waals surface area contributed by atoms with Gasteiger partial charge in [0, 0.05) is 19.2 Å². The van der Waals surface area contributed by atoms with Gasteiger partial charge in [-0.1, -0.05) is 13.8 Å². The highest BCUT2D eigenvalue weighted by molar-refractivity contribution is 5.92. The van der Waals surface area contributed by atoms with Crippen LogP contribution in [-0.2, 0) is 0 Å². The van der Waals surface area contributed by atoms with Gasteiger partial charge in [-0.2, -0.15) is 0 Å². The molecule has 1 aromatic rings. The third kappa shape index (κ3) is 1.57. The van der Waals surface area contributed by atoms with E-state index in [-0.39, 0.29) is 5.91 Å². The van der Waals surface area contributed by atoms with Crippen molar-refractivity contribution < 1.29 is 9.53 Å². The van der Waals surface area contributed by atoms with Crippen LogP contribution in [0.15, 0.2) is 12.1 Å². The number of ether oxygens (including phenoxy) is 1. The predicted octanol–water partition coefficient (Wildman–Crippen LogP) is 1.21. The summed E-state index contributed by atoms with van der Waals surface area (Å²) in [6.45, 7) is 6.25. The summed E-state index contributed by atoms with van der Waals surface area (Å²) in [6.07, 6.45) is 0. The van der Waals surface area contributed by atoms with E-state index in [9.17, 15) is 4.79 Å². The summed E-state index contributed by atoms with van der Waals surface area (Å²) in [7, 11) is 1.53. The Balaban J connectivity index is 1.69. The number of carbonyl (C=O) groups excluding carboxylic acids is 1. The monoisotopic (exact) mass is 247 g/mol. The molecular formula is C13H17N3O2. The highest BCUT2D eigenvalue weighted by Gasteiger charge is 2.62. The first-order valence-electron chi connectivity index (χ1n) is 6.21. The van der Waals surface area contributed by atoms with Crippen LogP contribution in [-0.4, -0.2) is 41.2 Å². The van der Waals surface area contributed by atoms with Crippen molar-refractivity contribution in [2.24, 2.45) is 17.3 Å². The van der Waals surface area contributed by atoms with E-state index in [2.05, 4.69) is 24.0 Å². The Bertz CT molecular complexity index is 470. The standard InChI is InChI=1S/C13H17N3O2/c1-13(2)8-6-16(7-9(8)13)12(17)10-4-5-11(18-3)15-14-10/h4-5,8-9H,6-7H2,1-3H3/t8-,9+. The maximum atomic E-state index is 12.2. The Morgan fingerprint density at radius 2 is 2.00 bits per heavy atom. The predicted molar refractivity (Wildman–Crippen MR) is 65.2 cm³/mol. The molecular weight excluding hydrogens is 230 g/mol. The van der Waals surface area contributed by atoms with Gasteiger partial charge in [0.1, 0.15) is 0 Å². The molecule has 0 unspecified atom stereocenters. The maximum Gasteiger partial charge on any atom is 0.274 e. The Hall–Kier alpha value is -1.65. The van der Waals surface area contributed by atoms with Gasteiger partial charge in [-0.25, -0.2) is 0 Å². The van der Waals surface area contributed by atoms with E-state index in [1.165, 1.54) is 7.11 Å². The molecule has 5 nitrogen and oxygen atoms in total. The van der Waals surface area contributed by atoms with Crippen molar-refractivity contribution in [3.63, 3.8) is 0 Å². The quantitative estimate of drug-likeness (QED) is 0.788. The van der Waals surface area contributed by atoms with Crippen LogP contribution < -0.4 is 4.74 Å². The van der Waals surface area contributed by atoms with Crippen molar-refractivity contribution in [1.29, 1.82) is 0 Å². The fraction of sp³-hybridized carbons (Fsp3) is 0.615. The van der Waals surface area contributed by atoms with Crippen LogP contribution in [0.4, 0.5) is 0 Å². The van der Waals surface area contributed by atoms with Gasteiger partial charge in [-0.3, -0.25) is 4.79 Å². The van der Waals surface area contributed by atoms with Gasteiger partial charge in [0.05, 0.1) is 7.11 Å². The lowest BCUT2D eigenvalue weighted by molar-refractivity contribution is 0.0751. The zero-order valence-corrected chi connectivity index (χ0v) is 10.9. The fourth-order valence-electron chi connectivity index (χ4n) is 3.00. The Morgan fingerprint density at radius 1 is 1.33 bits per heavy atom. The van der Waals surface area contributed by atoms with Crippen molar-refractivity contribution in [1.82, 2.24) is 15.1 Å². The SMILES string of the molecule is COc1ccc(C(=O)N2C[C@@H]3[C@H](C2)C3(C)C)nn1. The molecule has 1 aromatic heterocycles. The smallest absolute Gasteiger partial charge is 0.274 e. The molecule has 1 aliphatic heterocycles. The number of fused-ring (bicyclic) bond motifs is 1. The lowest BCUT2D eigenvalue weighted by atomic mass is 10.1. The minimum Gasteiger partial charge on any atom is -0.480 e. The third-order valence-electron chi connectivity index (χ3n) is 4.48. The molecule has 3 rings (SSSR count). The first kappa shape index (κ1) is 11.4. The number of hydrogen-bond acceptors (Lipinski definition) is 4. The van der Waals surface area contributed by atoms with Crippen LogP contribution in [0, 0.1) is 17.3 Å². The summed E-state index contributed by atoms with van der Waals surface area (Å²) in [5.74, 6) is 1.73. The summed E-state index contributed by atoms with van der Waals surface area (Å²) in [6, 6.07) is 3.34. The van der Waals surface area contributed by atoms with E-state index in [1.54, 1.807) is 12.1 Å². The van der Waals surface area contributed by atoms with Gasteiger partial charge in [-0.05, 0) is 23.3 Å². The number of amides is 1. The van der Waals surface area contributed by atoms with E-state index in [0.29, 0.717) is 28.8 Å². The number of likely N-dealkylation sites (tertiary alicyclic amines) is 1. The first-order chi connectivity index (χ1) is 8.54. The molecule has 0 bridgehead atoms. The van der Waals surface area contributed by atoms with Gasteiger partial charge in [0.2, 0.25) is 5.88 Å². The van der Waals surface area contributed by atoms with Crippen LogP contribution in [0.3, 0.4) is 0 Å². The van der Waals surface area contributed by atoms with Crippen LogP contribution in [0.1, 0.15) is 24.3 Å². The first-order valence-corrected chi connectivity index (χ1v) is 6.21. The van der Waals surface area contributed by atoms with Crippen molar-refractivity contribution in [2.75, 3.05) is 20.2 Å². The molecule has 0 N–H and O–H groups in total. The summed E-state index contributed by atoms with van der Waals surface area (Å²) < 4.78 is 4.93. The normalized spacial score (nSPS) is 27.8. The zero-order valence-electron chi connectivity index (χ0n) is 10.9. The molecule has 0 spiro atoms. The van der Waals surface area contributed by atoms with E-state index >= 15 is 0 Å². The van der Waals surface area contributed by atoms with Crippen molar-refractivity contribution >= 4 is 5.91 Å². The van der Waals surface area contributed by atoms with Crippen molar-refractivity contribution in [3.05, 3.63) is 17.8 Å².